The Kier molecular flexibility index (Phi) is 4.83. The van der Waals surface area contributed by atoms with Gasteiger partial charge in [-0.15, -0.1) is 0 Å². The van der Waals surface area contributed by atoms with Gasteiger partial charge in [0.1, 0.15) is 12.4 Å². The Morgan fingerprint density at radius 1 is 1.14 bits per heavy atom. The lowest BCUT2D eigenvalue weighted by atomic mass is 10.1. The van der Waals surface area contributed by atoms with Gasteiger partial charge < -0.3 is 28.6 Å². The average Bonchev–Trinajstić information content (AvgIpc) is 3.24. The fraction of sp³-hybridized carbons (Fsp3) is 0.286. The molecule has 4 rings (SSSR count). The van der Waals surface area contributed by atoms with Crippen LogP contribution in [0.1, 0.15) is 21.6 Å². The highest BCUT2D eigenvalue weighted by molar-refractivity contribution is 6.06. The zero-order chi connectivity index (χ0) is 19.7. The van der Waals surface area contributed by atoms with E-state index >= 15 is 0 Å². The molecule has 3 aromatic rings. The molecule has 1 aromatic heterocycles. The topological polar surface area (TPSA) is 79.2 Å². The van der Waals surface area contributed by atoms with Crippen LogP contribution < -0.4 is 9.47 Å². The molecule has 0 bridgehead atoms. The van der Waals surface area contributed by atoms with Crippen molar-refractivity contribution in [2.45, 2.75) is 13.5 Å². The zero-order valence-corrected chi connectivity index (χ0v) is 15.7. The highest BCUT2D eigenvalue weighted by Crippen LogP contribution is 2.34. The first-order chi connectivity index (χ1) is 13.6. The van der Waals surface area contributed by atoms with E-state index in [1.807, 2.05) is 29.7 Å². The number of benzene rings is 2. The summed E-state index contributed by atoms with van der Waals surface area (Å²) < 4.78 is 23.1. The van der Waals surface area contributed by atoms with E-state index in [2.05, 4.69) is 0 Å². The standard InChI is InChI=1S/C21H21NO6/c1-13-20(21(24)26-8-7-25-2)16-10-15(23)4-5-17(16)22(13)11-14-3-6-18-19(9-14)28-12-27-18/h3-6,9-10,23H,7-8,11-12H2,1-2H3. The van der Waals surface area contributed by atoms with Crippen molar-refractivity contribution in [2.75, 3.05) is 27.1 Å². The molecule has 28 heavy (non-hydrogen) atoms. The van der Waals surface area contributed by atoms with Crippen molar-refractivity contribution in [2.24, 2.45) is 0 Å². The molecule has 0 atom stereocenters. The van der Waals surface area contributed by atoms with Gasteiger partial charge in [-0.2, -0.15) is 0 Å². The minimum absolute atomic E-state index is 0.0960. The summed E-state index contributed by atoms with van der Waals surface area (Å²) in [5.41, 5.74) is 3.06. The molecule has 7 heteroatoms. The molecule has 1 aliphatic heterocycles. The molecule has 0 amide bonds. The van der Waals surface area contributed by atoms with Crippen LogP contribution in [0.4, 0.5) is 0 Å². The maximum atomic E-state index is 12.7. The van der Waals surface area contributed by atoms with Crippen LogP contribution >= 0.6 is 0 Å². The first kappa shape index (κ1) is 18.2. The minimum Gasteiger partial charge on any atom is -0.508 e. The Hall–Kier alpha value is -3.19. The predicted octanol–water partition coefficient (Wildman–Crippen LogP) is 3.24. The summed E-state index contributed by atoms with van der Waals surface area (Å²) >= 11 is 0. The number of esters is 1. The Labute approximate surface area is 162 Å². The maximum Gasteiger partial charge on any atom is 0.340 e. The summed E-state index contributed by atoms with van der Waals surface area (Å²) in [6, 6.07) is 10.8. The number of hydrogen-bond acceptors (Lipinski definition) is 6. The largest absolute Gasteiger partial charge is 0.508 e. The Balaban J connectivity index is 1.74. The van der Waals surface area contributed by atoms with Gasteiger partial charge in [0.25, 0.3) is 0 Å². The van der Waals surface area contributed by atoms with E-state index in [-0.39, 0.29) is 19.1 Å². The van der Waals surface area contributed by atoms with Crippen molar-refractivity contribution in [1.29, 1.82) is 0 Å². The molecule has 2 aromatic carbocycles. The summed E-state index contributed by atoms with van der Waals surface area (Å²) in [5, 5.41) is 10.6. The summed E-state index contributed by atoms with van der Waals surface area (Å²) in [5.74, 6) is 1.10. The number of hydrogen-bond donors (Lipinski definition) is 1. The molecule has 0 unspecified atom stereocenters. The number of nitrogens with zero attached hydrogens (tertiary/aromatic N) is 1. The lowest BCUT2D eigenvalue weighted by Gasteiger charge is -2.10. The molecule has 0 aliphatic carbocycles. The summed E-state index contributed by atoms with van der Waals surface area (Å²) in [6.07, 6.45) is 0. The third-order valence-electron chi connectivity index (χ3n) is 4.81. The van der Waals surface area contributed by atoms with Crippen LogP contribution in [0.2, 0.25) is 0 Å². The molecule has 0 spiro atoms. The molecule has 0 radical (unpaired) electrons. The van der Waals surface area contributed by atoms with Gasteiger partial charge in [-0.25, -0.2) is 4.79 Å². The third kappa shape index (κ3) is 3.25. The highest BCUT2D eigenvalue weighted by Gasteiger charge is 2.22. The van der Waals surface area contributed by atoms with Crippen LogP contribution in [-0.2, 0) is 16.0 Å². The number of ether oxygens (including phenoxy) is 4. The Morgan fingerprint density at radius 2 is 1.96 bits per heavy atom. The van der Waals surface area contributed by atoms with E-state index in [9.17, 15) is 9.90 Å². The first-order valence-corrected chi connectivity index (χ1v) is 8.95. The van der Waals surface area contributed by atoms with Crippen molar-refractivity contribution in [3.63, 3.8) is 0 Å². The normalized spacial score (nSPS) is 12.5. The van der Waals surface area contributed by atoms with Crippen LogP contribution in [0.3, 0.4) is 0 Å². The van der Waals surface area contributed by atoms with Crippen LogP contribution in [-0.4, -0.2) is 42.8 Å². The number of phenols is 1. The van der Waals surface area contributed by atoms with Crippen LogP contribution in [0, 0.1) is 6.92 Å². The first-order valence-electron chi connectivity index (χ1n) is 8.95. The molecule has 1 N–H and O–H groups in total. The summed E-state index contributed by atoms with van der Waals surface area (Å²) in [6.45, 7) is 3.13. The molecule has 0 saturated heterocycles. The SMILES string of the molecule is COCCOC(=O)c1c(C)n(Cc2ccc3c(c2)OCO3)c2ccc(O)cc12. The fourth-order valence-electron chi connectivity index (χ4n) is 3.44. The van der Waals surface area contributed by atoms with Crippen molar-refractivity contribution < 1.29 is 28.8 Å². The van der Waals surface area contributed by atoms with E-state index in [0.29, 0.717) is 29.9 Å². The average molecular weight is 383 g/mol. The summed E-state index contributed by atoms with van der Waals surface area (Å²) in [7, 11) is 1.55. The van der Waals surface area contributed by atoms with Crippen molar-refractivity contribution >= 4 is 16.9 Å². The monoisotopic (exact) mass is 383 g/mol. The quantitative estimate of drug-likeness (QED) is 0.520. The second-order valence-electron chi connectivity index (χ2n) is 6.56. The number of phenolic OH excluding ortho intramolecular Hbond substituents is 1. The summed E-state index contributed by atoms with van der Waals surface area (Å²) in [4.78, 5) is 12.7. The predicted molar refractivity (Wildman–Crippen MR) is 102 cm³/mol. The number of aromatic nitrogens is 1. The number of carbonyl (C=O) groups excluding carboxylic acids is 1. The molecule has 146 valence electrons. The number of methoxy groups -OCH3 is 1. The van der Waals surface area contributed by atoms with Crippen molar-refractivity contribution in [1.82, 2.24) is 4.57 Å². The Bertz CT molecular complexity index is 1040. The van der Waals surface area contributed by atoms with Gasteiger partial charge in [-0.3, -0.25) is 0 Å². The van der Waals surface area contributed by atoms with Crippen molar-refractivity contribution in [3.05, 3.63) is 53.2 Å². The molecule has 2 heterocycles. The van der Waals surface area contributed by atoms with Gasteiger partial charge in [0, 0.05) is 30.3 Å². The second-order valence-corrected chi connectivity index (χ2v) is 6.56. The molecule has 1 aliphatic rings. The number of carbonyl (C=O) groups is 1. The molecule has 7 nitrogen and oxygen atoms in total. The van der Waals surface area contributed by atoms with Gasteiger partial charge >= 0.3 is 5.97 Å². The van der Waals surface area contributed by atoms with E-state index in [1.54, 1.807) is 25.3 Å². The third-order valence-corrected chi connectivity index (χ3v) is 4.81. The lowest BCUT2D eigenvalue weighted by molar-refractivity contribution is 0.0389. The fourth-order valence-corrected chi connectivity index (χ4v) is 3.44. The van der Waals surface area contributed by atoms with Gasteiger partial charge in [0.05, 0.1) is 12.2 Å². The van der Waals surface area contributed by atoms with Crippen LogP contribution in [0.5, 0.6) is 17.2 Å². The second kappa shape index (κ2) is 7.44. The van der Waals surface area contributed by atoms with Crippen LogP contribution in [0.25, 0.3) is 10.9 Å². The van der Waals surface area contributed by atoms with Gasteiger partial charge in [0.2, 0.25) is 6.79 Å². The number of aromatic hydroxyl groups is 1. The molecular formula is C21H21NO6. The lowest BCUT2D eigenvalue weighted by Crippen LogP contribution is -2.11. The number of fused-ring (bicyclic) bond motifs is 2. The van der Waals surface area contributed by atoms with Crippen molar-refractivity contribution in [3.8, 4) is 17.2 Å². The molecule has 0 saturated carbocycles. The zero-order valence-electron chi connectivity index (χ0n) is 15.7. The van der Waals surface area contributed by atoms with E-state index in [0.717, 1.165) is 22.5 Å². The maximum absolute atomic E-state index is 12.7. The Morgan fingerprint density at radius 3 is 2.79 bits per heavy atom. The van der Waals surface area contributed by atoms with Crippen LogP contribution in [0.15, 0.2) is 36.4 Å². The van der Waals surface area contributed by atoms with E-state index in [1.165, 1.54) is 0 Å². The van der Waals surface area contributed by atoms with Gasteiger partial charge in [-0.05, 0) is 42.8 Å². The highest BCUT2D eigenvalue weighted by atomic mass is 16.7. The van der Waals surface area contributed by atoms with Gasteiger partial charge in [-0.1, -0.05) is 6.07 Å². The van der Waals surface area contributed by atoms with E-state index in [4.69, 9.17) is 18.9 Å². The molecular weight excluding hydrogens is 362 g/mol. The van der Waals surface area contributed by atoms with E-state index < -0.39 is 5.97 Å². The number of rotatable bonds is 6. The smallest absolute Gasteiger partial charge is 0.340 e. The minimum atomic E-state index is -0.436. The molecule has 0 fully saturated rings. The van der Waals surface area contributed by atoms with Gasteiger partial charge in [0.15, 0.2) is 11.5 Å².